The molecule has 5 nitrogen and oxygen atoms in total. The van der Waals surface area contributed by atoms with Gasteiger partial charge in [0.1, 0.15) is 0 Å². The van der Waals surface area contributed by atoms with Gasteiger partial charge in [-0.1, -0.05) is 0 Å². The van der Waals surface area contributed by atoms with Crippen LogP contribution in [0.2, 0.25) is 0 Å². The van der Waals surface area contributed by atoms with Crippen molar-refractivity contribution in [2.75, 3.05) is 19.6 Å². The van der Waals surface area contributed by atoms with Crippen LogP contribution in [0.25, 0.3) is 0 Å². The van der Waals surface area contributed by atoms with Crippen molar-refractivity contribution in [1.29, 1.82) is 0 Å². The number of amides is 1. The van der Waals surface area contributed by atoms with E-state index in [-0.39, 0.29) is 5.91 Å². The second-order valence-corrected chi connectivity index (χ2v) is 5.74. The molecule has 1 amide bonds. The van der Waals surface area contributed by atoms with E-state index in [1.165, 1.54) is 19.4 Å². The smallest absolute Gasteiger partial charge is 0.257 e. The molecule has 2 aliphatic heterocycles. The van der Waals surface area contributed by atoms with Gasteiger partial charge < -0.3 is 10.2 Å². The predicted molar refractivity (Wildman–Crippen MR) is 72.9 cm³/mol. The van der Waals surface area contributed by atoms with Crippen LogP contribution in [-0.4, -0.2) is 46.3 Å². The lowest BCUT2D eigenvalue weighted by Crippen LogP contribution is -2.43. The van der Waals surface area contributed by atoms with E-state index in [1.54, 1.807) is 17.1 Å². The summed E-state index contributed by atoms with van der Waals surface area (Å²) in [6.45, 7) is 2.94. The zero-order valence-electron chi connectivity index (χ0n) is 11.5. The molecular weight excluding hydrogens is 240 g/mol. The molecule has 1 aromatic heterocycles. The number of aromatic nitrogens is 2. The van der Waals surface area contributed by atoms with Gasteiger partial charge in [0.2, 0.25) is 0 Å². The fraction of sp³-hybridized carbons (Fsp3) is 0.714. The maximum Gasteiger partial charge on any atom is 0.257 e. The first-order valence-corrected chi connectivity index (χ1v) is 7.25. The summed E-state index contributed by atoms with van der Waals surface area (Å²) in [4.78, 5) is 14.3. The maximum atomic E-state index is 12.3. The molecule has 0 radical (unpaired) electrons. The Balaban J connectivity index is 1.56. The van der Waals surface area contributed by atoms with Crippen LogP contribution in [0.1, 0.15) is 36.0 Å². The van der Waals surface area contributed by atoms with E-state index in [0.717, 1.165) is 31.8 Å². The van der Waals surface area contributed by atoms with E-state index < -0.39 is 0 Å². The predicted octanol–water partition coefficient (Wildman–Crippen LogP) is 1.02. The first kappa shape index (κ1) is 12.7. The second-order valence-electron chi connectivity index (χ2n) is 5.74. The van der Waals surface area contributed by atoms with Gasteiger partial charge in [0.15, 0.2) is 0 Å². The molecule has 1 aromatic rings. The van der Waals surface area contributed by atoms with Crippen LogP contribution in [0.5, 0.6) is 0 Å². The summed E-state index contributed by atoms with van der Waals surface area (Å²) in [5.74, 6) is 0.881. The van der Waals surface area contributed by atoms with Gasteiger partial charge in [-0.2, -0.15) is 5.10 Å². The third-order valence-electron chi connectivity index (χ3n) is 4.45. The number of rotatable bonds is 2. The Morgan fingerprint density at radius 2 is 2.16 bits per heavy atom. The largest absolute Gasteiger partial charge is 0.339 e. The minimum Gasteiger partial charge on any atom is -0.339 e. The van der Waals surface area contributed by atoms with E-state index in [9.17, 15) is 4.79 Å². The van der Waals surface area contributed by atoms with Gasteiger partial charge in [-0.25, -0.2) is 0 Å². The molecule has 3 rings (SSSR count). The molecule has 0 saturated carbocycles. The highest BCUT2D eigenvalue weighted by molar-refractivity contribution is 5.93. The minimum atomic E-state index is 0.130. The molecule has 19 heavy (non-hydrogen) atoms. The average Bonchev–Trinajstić information content (AvgIpc) is 3.09. The van der Waals surface area contributed by atoms with Gasteiger partial charge >= 0.3 is 0 Å². The van der Waals surface area contributed by atoms with Crippen molar-refractivity contribution in [2.24, 2.45) is 13.0 Å². The lowest BCUT2D eigenvalue weighted by atomic mass is 9.88. The number of piperidine rings is 1. The topological polar surface area (TPSA) is 50.2 Å². The summed E-state index contributed by atoms with van der Waals surface area (Å²) < 4.78 is 1.68. The second kappa shape index (κ2) is 5.33. The molecular formula is C14H22N4O. The van der Waals surface area contributed by atoms with Crippen LogP contribution in [0.4, 0.5) is 0 Å². The van der Waals surface area contributed by atoms with Crippen molar-refractivity contribution >= 4 is 5.91 Å². The van der Waals surface area contributed by atoms with Crippen LogP contribution in [0.3, 0.4) is 0 Å². The Morgan fingerprint density at radius 3 is 2.74 bits per heavy atom. The maximum absolute atomic E-state index is 12.3. The number of aryl methyl sites for hydroxylation is 1. The Labute approximate surface area is 114 Å². The molecule has 2 saturated heterocycles. The third-order valence-corrected chi connectivity index (χ3v) is 4.45. The third kappa shape index (κ3) is 2.66. The van der Waals surface area contributed by atoms with Crippen LogP contribution < -0.4 is 5.32 Å². The first-order chi connectivity index (χ1) is 9.24. The van der Waals surface area contributed by atoms with Crippen molar-refractivity contribution in [1.82, 2.24) is 20.0 Å². The van der Waals surface area contributed by atoms with Gasteiger partial charge in [0, 0.05) is 32.4 Å². The number of nitrogens with one attached hydrogen (secondary N) is 1. The highest BCUT2D eigenvalue weighted by Crippen LogP contribution is 2.26. The molecule has 3 heterocycles. The fourth-order valence-corrected chi connectivity index (χ4v) is 3.33. The molecule has 0 bridgehead atoms. The number of carbonyl (C=O) groups excluding carboxylic acids is 1. The van der Waals surface area contributed by atoms with Gasteiger partial charge in [-0.15, -0.1) is 0 Å². The standard InChI is InChI=1S/C14H22N4O/c1-17-10-12(9-16-17)14(19)18-7-4-11(5-8-18)13-3-2-6-15-13/h9-11,13,15H,2-8H2,1H3. The lowest BCUT2D eigenvalue weighted by Gasteiger charge is -2.34. The number of likely N-dealkylation sites (tertiary alicyclic amines) is 1. The van der Waals surface area contributed by atoms with Gasteiger partial charge in [0.05, 0.1) is 11.8 Å². The fourth-order valence-electron chi connectivity index (χ4n) is 3.33. The van der Waals surface area contributed by atoms with Crippen LogP contribution in [0.15, 0.2) is 12.4 Å². The summed E-state index contributed by atoms with van der Waals surface area (Å²) in [6.07, 6.45) is 8.33. The average molecular weight is 262 g/mol. The molecule has 0 aromatic carbocycles. The highest BCUT2D eigenvalue weighted by Gasteiger charge is 2.30. The summed E-state index contributed by atoms with van der Waals surface area (Å²) in [6, 6.07) is 0.690. The summed E-state index contributed by atoms with van der Waals surface area (Å²) >= 11 is 0. The van der Waals surface area contributed by atoms with E-state index in [2.05, 4.69) is 10.4 Å². The number of nitrogens with zero attached hydrogens (tertiary/aromatic N) is 3. The molecule has 104 valence electrons. The van der Waals surface area contributed by atoms with Gasteiger partial charge in [0.25, 0.3) is 5.91 Å². The van der Waals surface area contributed by atoms with Crippen molar-refractivity contribution < 1.29 is 4.79 Å². The SMILES string of the molecule is Cn1cc(C(=O)N2CCC(C3CCCN3)CC2)cn1. The molecule has 5 heteroatoms. The van der Waals surface area contributed by atoms with Crippen molar-refractivity contribution in [3.05, 3.63) is 18.0 Å². The molecule has 1 atom stereocenters. The van der Waals surface area contributed by atoms with Crippen LogP contribution >= 0.6 is 0 Å². The lowest BCUT2D eigenvalue weighted by molar-refractivity contribution is 0.0674. The van der Waals surface area contributed by atoms with E-state index in [1.807, 2.05) is 11.9 Å². The Kier molecular flexibility index (Phi) is 3.55. The van der Waals surface area contributed by atoms with Crippen LogP contribution in [0, 0.1) is 5.92 Å². The summed E-state index contributed by atoms with van der Waals surface area (Å²) in [5.41, 5.74) is 0.708. The number of carbonyl (C=O) groups is 1. The minimum absolute atomic E-state index is 0.130. The molecule has 0 spiro atoms. The van der Waals surface area contributed by atoms with E-state index in [0.29, 0.717) is 11.6 Å². The molecule has 2 aliphatic rings. The zero-order valence-corrected chi connectivity index (χ0v) is 11.5. The van der Waals surface area contributed by atoms with Crippen molar-refractivity contribution in [3.8, 4) is 0 Å². The Hall–Kier alpha value is -1.36. The summed E-state index contributed by atoms with van der Waals surface area (Å²) in [5, 5.41) is 7.66. The van der Waals surface area contributed by atoms with Crippen molar-refractivity contribution in [2.45, 2.75) is 31.7 Å². The van der Waals surface area contributed by atoms with Gasteiger partial charge in [-0.3, -0.25) is 9.48 Å². The number of hydrogen-bond donors (Lipinski definition) is 1. The molecule has 1 unspecified atom stereocenters. The highest BCUT2D eigenvalue weighted by atomic mass is 16.2. The molecule has 1 N–H and O–H groups in total. The molecule has 0 aliphatic carbocycles. The quantitative estimate of drug-likeness (QED) is 0.866. The van der Waals surface area contributed by atoms with E-state index in [4.69, 9.17) is 0 Å². The zero-order chi connectivity index (χ0) is 13.2. The van der Waals surface area contributed by atoms with Crippen LogP contribution in [-0.2, 0) is 7.05 Å². The first-order valence-electron chi connectivity index (χ1n) is 7.25. The Bertz CT molecular complexity index is 442. The van der Waals surface area contributed by atoms with E-state index >= 15 is 0 Å². The summed E-state index contributed by atoms with van der Waals surface area (Å²) in [7, 11) is 1.84. The monoisotopic (exact) mass is 262 g/mol. The normalized spacial score (nSPS) is 24.9. The molecule has 2 fully saturated rings. The van der Waals surface area contributed by atoms with Crippen molar-refractivity contribution in [3.63, 3.8) is 0 Å². The van der Waals surface area contributed by atoms with Gasteiger partial charge in [-0.05, 0) is 38.1 Å². The Morgan fingerprint density at radius 1 is 1.37 bits per heavy atom. The number of hydrogen-bond acceptors (Lipinski definition) is 3.